The molecule has 4 nitrogen and oxygen atoms in total. The van der Waals surface area contributed by atoms with E-state index in [1.54, 1.807) is 0 Å². The molecule has 0 saturated carbocycles. The molecule has 0 bridgehead atoms. The van der Waals surface area contributed by atoms with Crippen molar-refractivity contribution in [3.05, 3.63) is 35.9 Å². The minimum atomic E-state index is -1.05. The van der Waals surface area contributed by atoms with Crippen molar-refractivity contribution in [3.63, 3.8) is 0 Å². The van der Waals surface area contributed by atoms with Gasteiger partial charge in [-0.1, -0.05) is 51.1 Å². The molecule has 1 aromatic carbocycles. The third-order valence-electron chi connectivity index (χ3n) is 3.49. The summed E-state index contributed by atoms with van der Waals surface area (Å²) in [6, 6.07) is 9.47. The van der Waals surface area contributed by atoms with Gasteiger partial charge in [0.1, 0.15) is 0 Å². The maximum Gasteiger partial charge on any atom is 0.329 e. The van der Waals surface area contributed by atoms with Gasteiger partial charge in [0.05, 0.1) is 0 Å². The minimum absolute atomic E-state index is 0.449. The van der Waals surface area contributed by atoms with Gasteiger partial charge < -0.3 is 10.0 Å². The van der Waals surface area contributed by atoms with Gasteiger partial charge in [-0.25, -0.2) is 4.79 Å². The van der Waals surface area contributed by atoms with Crippen LogP contribution in [0.5, 0.6) is 0 Å². The van der Waals surface area contributed by atoms with Crippen molar-refractivity contribution < 1.29 is 9.90 Å². The molecule has 0 amide bonds. The fourth-order valence-corrected chi connectivity index (χ4v) is 2.67. The van der Waals surface area contributed by atoms with Crippen molar-refractivity contribution in [2.75, 3.05) is 26.7 Å². The van der Waals surface area contributed by atoms with E-state index in [-0.39, 0.29) is 0 Å². The van der Waals surface area contributed by atoms with Crippen molar-refractivity contribution in [1.29, 1.82) is 0 Å². The number of hydrogen-bond acceptors (Lipinski definition) is 3. The Kier molecular flexibility index (Phi) is 6.85. The third kappa shape index (κ3) is 4.83. The molecule has 0 aromatic heterocycles. The monoisotopic (exact) mass is 292 g/mol. The highest BCUT2D eigenvalue weighted by Gasteiger charge is 2.40. The summed E-state index contributed by atoms with van der Waals surface area (Å²) >= 11 is 0. The summed E-state index contributed by atoms with van der Waals surface area (Å²) in [5.41, 5.74) is -0.248. The normalized spacial score (nSPS) is 14.4. The standard InChI is InChI=1S/C17H28N2O2/c1-5-11-18-17(16(20)21,13-19(4)12-14(2)3)15-9-7-6-8-10-15/h6-10,14,18H,5,11-13H2,1-4H3,(H,20,21). The molecule has 0 aliphatic rings. The number of aliphatic carboxylic acids is 1. The van der Waals surface area contributed by atoms with E-state index >= 15 is 0 Å². The number of carbonyl (C=O) groups is 1. The first-order valence-electron chi connectivity index (χ1n) is 7.65. The van der Waals surface area contributed by atoms with Crippen LogP contribution in [0.1, 0.15) is 32.8 Å². The van der Waals surface area contributed by atoms with E-state index in [0.717, 1.165) is 18.5 Å². The lowest BCUT2D eigenvalue weighted by atomic mass is 9.88. The van der Waals surface area contributed by atoms with Crippen LogP contribution in [0, 0.1) is 5.92 Å². The Labute approximate surface area is 128 Å². The Bertz CT molecular complexity index is 434. The highest BCUT2D eigenvalue weighted by molar-refractivity contribution is 5.81. The molecule has 21 heavy (non-hydrogen) atoms. The Hall–Kier alpha value is -1.39. The first-order valence-corrected chi connectivity index (χ1v) is 7.65. The first-order chi connectivity index (χ1) is 9.92. The van der Waals surface area contributed by atoms with E-state index < -0.39 is 11.5 Å². The lowest BCUT2D eigenvalue weighted by Gasteiger charge is -2.35. The van der Waals surface area contributed by atoms with E-state index in [1.807, 2.05) is 44.3 Å². The summed E-state index contributed by atoms with van der Waals surface area (Å²) in [5.74, 6) is -0.318. The highest BCUT2D eigenvalue weighted by Crippen LogP contribution is 2.23. The molecule has 1 rings (SSSR count). The SMILES string of the molecule is CCCNC(CN(C)CC(C)C)(C(=O)O)c1ccccc1. The van der Waals surface area contributed by atoms with Gasteiger partial charge in [-0.2, -0.15) is 0 Å². The number of carboxylic acids is 1. The zero-order valence-electron chi connectivity index (χ0n) is 13.6. The Morgan fingerprint density at radius 2 is 1.95 bits per heavy atom. The second-order valence-corrected chi connectivity index (χ2v) is 6.09. The zero-order chi connectivity index (χ0) is 15.9. The van der Waals surface area contributed by atoms with E-state index in [9.17, 15) is 9.90 Å². The van der Waals surface area contributed by atoms with Gasteiger partial charge in [0, 0.05) is 13.1 Å². The summed E-state index contributed by atoms with van der Waals surface area (Å²) in [4.78, 5) is 14.2. The molecule has 0 saturated heterocycles. The predicted molar refractivity (Wildman–Crippen MR) is 86.4 cm³/mol. The molecule has 0 aliphatic carbocycles. The highest BCUT2D eigenvalue weighted by atomic mass is 16.4. The second-order valence-electron chi connectivity index (χ2n) is 6.09. The van der Waals surface area contributed by atoms with Gasteiger partial charge in [0.15, 0.2) is 5.54 Å². The quantitative estimate of drug-likeness (QED) is 0.734. The van der Waals surface area contributed by atoms with Crippen LogP contribution in [0.15, 0.2) is 30.3 Å². The van der Waals surface area contributed by atoms with Crippen LogP contribution in [0.4, 0.5) is 0 Å². The van der Waals surface area contributed by atoms with Crippen LogP contribution in [-0.2, 0) is 10.3 Å². The molecular formula is C17H28N2O2. The smallest absolute Gasteiger partial charge is 0.329 e. The molecule has 1 atom stereocenters. The molecule has 1 unspecified atom stereocenters. The van der Waals surface area contributed by atoms with Gasteiger partial charge >= 0.3 is 5.97 Å². The van der Waals surface area contributed by atoms with Crippen LogP contribution in [0.25, 0.3) is 0 Å². The summed E-state index contributed by atoms with van der Waals surface area (Å²) < 4.78 is 0. The third-order valence-corrected chi connectivity index (χ3v) is 3.49. The van der Waals surface area contributed by atoms with Crippen LogP contribution in [0.3, 0.4) is 0 Å². The fourth-order valence-electron chi connectivity index (χ4n) is 2.67. The van der Waals surface area contributed by atoms with E-state index in [0.29, 0.717) is 19.0 Å². The van der Waals surface area contributed by atoms with Crippen LogP contribution in [-0.4, -0.2) is 42.7 Å². The van der Waals surface area contributed by atoms with Crippen molar-refractivity contribution in [1.82, 2.24) is 10.2 Å². The molecule has 0 radical (unpaired) electrons. The maximum atomic E-state index is 12.1. The van der Waals surface area contributed by atoms with Crippen molar-refractivity contribution in [2.24, 2.45) is 5.92 Å². The second kappa shape index (κ2) is 8.15. The summed E-state index contributed by atoms with van der Waals surface area (Å²) in [7, 11) is 1.98. The molecule has 4 heteroatoms. The minimum Gasteiger partial charge on any atom is -0.480 e. The Balaban J connectivity index is 3.10. The van der Waals surface area contributed by atoms with Crippen molar-refractivity contribution in [2.45, 2.75) is 32.7 Å². The van der Waals surface area contributed by atoms with E-state index in [4.69, 9.17) is 0 Å². The lowest BCUT2D eigenvalue weighted by Crippen LogP contribution is -2.56. The fraction of sp³-hybridized carbons (Fsp3) is 0.588. The number of likely N-dealkylation sites (N-methyl/N-ethyl adjacent to an activating group) is 1. The number of nitrogens with zero attached hydrogens (tertiary/aromatic N) is 1. The predicted octanol–water partition coefficient (Wildman–Crippen LogP) is 2.55. The molecule has 118 valence electrons. The van der Waals surface area contributed by atoms with Crippen molar-refractivity contribution in [3.8, 4) is 0 Å². The largest absolute Gasteiger partial charge is 0.480 e. The Morgan fingerprint density at radius 3 is 2.43 bits per heavy atom. The first kappa shape index (κ1) is 17.7. The molecule has 0 fully saturated rings. The van der Waals surface area contributed by atoms with E-state index in [2.05, 4.69) is 24.1 Å². The molecule has 0 spiro atoms. The van der Waals surface area contributed by atoms with E-state index in [1.165, 1.54) is 0 Å². The topological polar surface area (TPSA) is 52.6 Å². The van der Waals surface area contributed by atoms with Gasteiger partial charge in [-0.05, 0) is 31.5 Å². The van der Waals surface area contributed by atoms with Crippen LogP contribution >= 0.6 is 0 Å². The average molecular weight is 292 g/mol. The van der Waals surface area contributed by atoms with Gasteiger partial charge in [0.2, 0.25) is 0 Å². The number of rotatable bonds is 9. The Morgan fingerprint density at radius 1 is 1.33 bits per heavy atom. The summed E-state index contributed by atoms with van der Waals surface area (Å²) in [6.45, 7) is 8.32. The van der Waals surface area contributed by atoms with Crippen LogP contribution < -0.4 is 5.32 Å². The van der Waals surface area contributed by atoms with Crippen molar-refractivity contribution >= 4 is 5.97 Å². The zero-order valence-corrected chi connectivity index (χ0v) is 13.6. The molecule has 0 aliphatic heterocycles. The number of hydrogen-bond donors (Lipinski definition) is 2. The van der Waals surface area contributed by atoms with Gasteiger partial charge in [-0.3, -0.25) is 5.32 Å². The summed E-state index contributed by atoms with van der Waals surface area (Å²) in [5, 5.41) is 13.2. The number of nitrogens with one attached hydrogen (secondary N) is 1. The lowest BCUT2D eigenvalue weighted by molar-refractivity contribution is -0.146. The summed E-state index contributed by atoms with van der Waals surface area (Å²) in [6.07, 6.45) is 0.899. The van der Waals surface area contributed by atoms with Crippen LogP contribution in [0.2, 0.25) is 0 Å². The number of carboxylic acid groups (broad SMARTS) is 1. The molecular weight excluding hydrogens is 264 g/mol. The van der Waals surface area contributed by atoms with Gasteiger partial charge in [-0.15, -0.1) is 0 Å². The average Bonchev–Trinajstić information content (AvgIpc) is 2.43. The molecule has 1 aromatic rings. The van der Waals surface area contributed by atoms with Gasteiger partial charge in [0.25, 0.3) is 0 Å². The maximum absolute atomic E-state index is 12.1. The molecule has 2 N–H and O–H groups in total. The number of benzene rings is 1. The molecule has 0 heterocycles.